The molecule has 0 spiro atoms. The van der Waals surface area contributed by atoms with Crippen molar-refractivity contribution in [3.63, 3.8) is 0 Å². The number of aromatic nitrogens is 6. The monoisotopic (exact) mass is 459 g/mol. The van der Waals surface area contributed by atoms with Gasteiger partial charge in [0.15, 0.2) is 5.65 Å². The lowest BCUT2D eigenvalue weighted by molar-refractivity contribution is 0.122. The second-order valence-corrected chi connectivity index (χ2v) is 10.0. The molecule has 3 aromatic heterocycles. The fourth-order valence-corrected chi connectivity index (χ4v) is 5.06. The maximum atomic E-state index is 11.9. The maximum Gasteiger partial charge on any atom is 0.228 e. The average molecular weight is 460 g/mol. The van der Waals surface area contributed by atoms with Crippen molar-refractivity contribution in [3.8, 4) is 11.3 Å². The molecule has 2 saturated heterocycles. The first-order valence-corrected chi connectivity index (χ1v) is 12.4. The van der Waals surface area contributed by atoms with Gasteiger partial charge in [0.05, 0.1) is 25.8 Å². The van der Waals surface area contributed by atoms with Crippen LogP contribution in [0, 0.1) is 0 Å². The number of nitrogens with two attached hydrogens (primary N) is 1. The molecule has 2 fully saturated rings. The van der Waals surface area contributed by atoms with E-state index in [9.17, 15) is 8.42 Å². The van der Waals surface area contributed by atoms with E-state index in [1.54, 1.807) is 18.7 Å². The first-order chi connectivity index (χ1) is 15.4. The summed E-state index contributed by atoms with van der Waals surface area (Å²) >= 11 is 0. The Morgan fingerprint density at radius 2 is 1.72 bits per heavy atom. The first kappa shape index (κ1) is 21.0. The number of nitrogen functional groups attached to an aromatic ring is 1. The summed E-state index contributed by atoms with van der Waals surface area (Å²) in [7, 11) is -3.19. The number of morpholine rings is 1. The third-order valence-electron chi connectivity index (χ3n) is 5.93. The number of piperidine rings is 1. The molecule has 0 amide bonds. The lowest BCUT2D eigenvalue weighted by atomic mass is 10.1. The number of nitrogens with zero attached hydrogens (tertiary/aromatic N) is 8. The predicted octanol–water partition coefficient (Wildman–Crippen LogP) is 0.299. The third kappa shape index (κ3) is 3.98. The van der Waals surface area contributed by atoms with Gasteiger partial charge in [-0.15, -0.1) is 0 Å². The number of sulfonamides is 1. The van der Waals surface area contributed by atoms with Crippen molar-refractivity contribution in [2.24, 2.45) is 0 Å². The van der Waals surface area contributed by atoms with Gasteiger partial charge in [0.2, 0.25) is 21.9 Å². The van der Waals surface area contributed by atoms with Gasteiger partial charge in [-0.2, -0.15) is 4.98 Å². The van der Waals surface area contributed by atoms with Gasteiger partial charge >= 0.3 is 0 Å². The van der Waals surface area contributed by atoms with E-state index in [0.29, 0.717) is 80.6 Å². The van der Waals surface area contributed by atoms with Crippen molar-refractivity contribution in [3.05, 3.63) is 18.7 Å². The highest BCUT2D eigenvalue weighted by molar-refractivity contribution is 7.88. The summed E-state index contributed by atoms with van der Waals surface area (Å²) in [4.78, 5) is 24.6. The van der Waals surface area contributed by atoms with Gasteiger partial charge in [0.1, 0.15) is 11.2 Å². The molecule has 3 aromatic rings. The van der Waals surface area contributed by atoms with Crippen LogP contribution in [0.25, 0.3) is 22.4 Å². The molecule has 5 heterocycles. The number of rotatable bonds is 4. The molecule has 2 aliphatic heterocycles. The Kier molecular flexibility index (Phi) is 5.39. The minimum absolute atomic E-state index is 0.0981. The molecule has 0 aliphatic carbocycles. The van der Waals surface area contributed by atoms with Crippen LogP contribution < -0.4 is 10.6 Å². The van der Waals surface area contributed by atoms with Crippen molar-refractivity contribution in [2.75, 3.05) is 56.3 Å². The van der Waals surface area contributed by atoms with Crippen molar-refractivity contribution in [1.29, 1.82) is 0 Å². The van der Waals surface area contributed by atoms with E-state index < -0.39 is 10.0 Å². The number of imidazole rings is 1. The van der Waals surface area contributed by atoms with Crippen LogP contribution in [0.15, 0.2) is 18.7 Å². The standard InChI is InChI=1S/C19H25N9O3S/c1-32(29,30)27-4-2-14(3-5-27)28-12-23-16-15(13-10-21-18(20)22-11-13)24-19(25-17(16)28)26-6-8-31-9-7-26/h10-12,14H,2-9H2,1H3,(H2,20,21,22). The number of anilines is 2. The van der Waals surface area contributed by atoms with E-state index >= 15 is 0 Å². The van der Waals surface area contributed by atoms with Gasteiger partial charge in [-0.1, -0.05) is 0 Å². The molecule has 2 aliphatic rings. The van der Waals surface area contributed by atoms with E-state index in [-0.39, 0.29) is 12.0 Å². The van der Waals surface area contributed by atoms with E-state index in [0.717, 1.165) is 0 Å². The number of fused-ring (bicyclic) bond motifs is 1. The third-order valence-corrected chi connectivity index (χ3v) is 7.24. The van der Waals surface area contributed by atoms with Crippen LogP contribution >= 0.6 is 0 Å². The summed E-state index contributed by atoms with van der Waals surface area (Å²) in [6.45, 7) is 3.58. The molecule has 0 saturated carbocycles. The zero-order chi connectivity index (χ0) is 22.3. The van der Waals surface area contributed by atoms with Gasteiger partial charge in [-0.25, -0.2) is 32.7 Å². The molecule has 0 unspecified atom stereocenters. The average Bonchev–Trinajstić information content (AvgIpc) is 3.23. The molecule has 13 heteroatoms. The molecule has 0 bridgehead atoms. The summed E-state index contributed by atoms with van der Waals surface area (Å²) < 4.78 is 32.8. The molecule has 170 valence electrons. The molecule has 0 aromatic carbocycles. The van der Waals surface area contributed by atoms with Crippen LogP contribution in [-0.2, 0) is 14.8 Å². The number of hydrogen-bond acceptors (Lipinski definition) is 10. The van der Waals surface area contributed by atoms with E-state index in [1.807, 2.05) is 4.57 Å². The van der Waals surface area contributed by atoms with Crippen LogP contribution in [0.2, 0.25) is 0 Å². The SMILES string of the molecule is CS(=O)(=O)N1CCC(n2cnc3c(-c4cnc(N)nc4)nc(N4CCOCC4)nc32)CC1. The Balaban J connectivity index is 1.56. The smallest absolute Gasteiger partial charge is 0.228 e. The normalized spacial score (nSPS) is 19.0. The fourth-order valence-electron chi connectivity index (χ4n) is 4.19. The lowest BCUT2D eigenvalue weighted by Gasteiger charge is -2.31. The summed E-state index contributed by atoms with van der Waals surface area (Å²) in [5.74, 6) is 0.790. The predicted molar refractivity (Wildman–Crippen MR) is 118 cm³/mol. The van der Waals surface area contributed by atoms with Gasteiger partial charge in [-0.05, 0) is 12.8 Å². The molecular formula is C19H25N9O3S. The minimum Gasteiger partial charge on any atom is -0.378 e. The van der Waals surface area contributed by atoms with Crippen LogP contribution in [0.3, 0.4) is 0 Å². The van der Waals surface area contributed by atoms with Gasteiger partial charge in [0, 0.05) is 50.2 Å². The molecule has 12 nitrogen and oxygen atoms in total. The quantitative estimate of drug-likeness (QED) is 0.578. The van der Waals surface area contributed by atoms with Gasteiger partial charge < -0.3 is 19.9 Å². The van der Waals surface area contributed by atoms with E-state index in [2.05, 4.69) is 19.9 Å². The summed E-state index contributed by atoms with van der Waals surface area (Å²) in [6.07, 6.45) is 7.67. The van der Waals surface area contributed by atoms with Gasteiger partial charge in [-0.3, -0.25) is 0 Å². The minimum atomic E-state index is -3.19. The molecular weight excluding hydrogens is 434 g/mol. The van der Waals surface area contributed by atoms with Crippen molar-refractivity contribution < 1.29 is 13.2 Å². The molecule has 2 N–H and O–H groups in total. The van der Waals surface area contributed by atoms with Gasteiger partial charge in [0.25, 0.3) is 0 Å². The Morgan fingerprint density at radius 1 is 1.03 bits per heavy atom. The maximum absolute atomic E-state index is 11.9. The Labute approximate surface area is 185 Å². The highest BCUT2D eigenvalue weighted by Gasteiger charge is 2.28. The van der Waals surface area contributed by atoms with Crippen molar-refractivity contribution in [1.82, 2.24) is 33.8 Å². The van der Waals surface area contributed by atoms with Crippen molar-refractivity contribution in [2.45, 2.75) is 18.9 Å². The van der Waals surface area contributed by atoms with Crippen LogP contribution in [0.1, 0.15) is 18.9 Å². The summed E-state index contributed by atoms with van der Waals surface area (Å²) in [5.41, 5.74) is 8.38. The summed E-state index contributed by atoms with van der Waals surface area (Å²) in [5, 5.41) is 0. The Hall–Kier alpha value is -2.90. The molecule has 0 radical (unpaired) electrons. The zero-order valence-corrected chi connectivity index (χ0v) is 18.6. The second kappa shape index (κ2) is 8.22. The lowest BCUT2D eigenvalue weighted by Crippen LogP contribution is -2.38. The molecule has 5 rings (SSSR count). The number of ether oxygens (including phenoxy) is 1. The number of hydrogen-bond donors (Lipinski definition) is 1. The topological polar surface area (TPSA) is 145 Å². The molecule has 0 atom stereocenters. The summed E-state index contributed by atoms with van der Waals surface area (Å²) in [6, 6.07) is 0.0981. The molecule has 32 heavy (non-hydrogen) atoms. The second-order valence-electron chi connectivity index (χ2n) is 8.02. The van der Waals surface area contributed by atoms with E-state index in [4.69, 9.17) is 20.4 Å². The highest BCUT2D eigenvalue weighted by Crippen LogP contribution is 2.32. The fraction of sp³-hybridized carbons (Fsp3) is 0.526. The van der Waals surface area contributed by atoms with Crippen LogP contribution in [0.5, 0.6) is 0 Å². The first-order valence-electron chi connectivity index (χ1n) is 10.5. The zero-order valence-electron chi connectivity index (χ0n) is 17.8. The van der Waals surface area contributed by atoms with E-state index in [1.165, 1.54) is 10.6 Å². The van der Waals surface area contributed by atoms with Crippen molar-refractivity contribution >= 4 is 33.1 Å². The Morgan fingerprint density at radius 3 is 2.38 bits per heavy atom. The largest absolute Gasteiger partial charge is 0.378 e. The van der Waals surface area contributed by atoms with Crippen LogP contribution in [0.4, 0.5) is 11.9 Å². The highest BCUT2D eigenvalue weighted by atomic mass is 32.2. The van der Waals surface area contributed by atoms with Crippen LogP contribution in [-0.4, -0.2) is 87.9 Å². The Bertz CT molecular complexity index is 1210.